The standard InChI is InChI=1S/C20H37N5O4/c1-4-21-9-11-22(5-2)13-15-24(16-14-23(6-3)12-10-21)17-20(28)29-25-18(26)7-8-19(25)27/h4-17H2,1-3H3. The molecule has 0 aromatic heterocycles. The Balaban J connectivity index is 1.96. The summed E-state index contributed by atoms with van der Waals surface area (Å²) in [6.07, 6.45) is 0.225. The molecule has 9 nitrogen and oxygen atoms in total. The predicted molar refractivity (Wildman–Crippen MR) is 110 cm³/mol. The van der Waals surface area contributed by atoms with E-state index in [0.717, 1.165) is 72.0 Å². The smallest absolute Gasteiger partial charge is 0.329 e. The van der Waals surface area contributed by atoms with E-state index in [4.69, 9.17) is 4.84 Å². The number of carbonyl (C=O) groups excluding carboxylic acids is 3. The Morgan fingerprint density at radius 2 is 1.03 bits per heavy atom. The lowest BCUT2D eigenvalue weighted by molar-refractivity contribution is -0.198. The molecule has 0 radical (unpaired) electrons. The molecule has 0 aromatic rings. The molecule has 0 N–H and O–H groups in total. The number of hydroxylamine groups is 2. The van der Waals surface area contributed by atoms with E-state index in [2.05, 4.69) is 40.4 Å². The van der Waals surface area contributed by atoms with Crippen molar-refractivity contribution < 1.29 is 19.2 Å². The van der Waals surface area contributed by atoms with Crippen LogP contribution in [-0.2, 0) is 19.2 Å². The first-order valence-electron chi connectivity index (χ1n) is 10.9. The Labute approximate surface area is 174 Å². The van der Waals surface area contributed by atoms with Crippen molar-refractivity contribution in [1.29, 1.82) is 0 Å². The Bertz CT molecular complexity index is 523. The number of imide groups is 1. The Morgan fingerprint density at radius 1 is 0.690 bits per heavy atom. The molecule has 2 fully saturated rings. The predicted octanol–water partition coefficient (Wildman–Crippen LogP) is -0.125. The molecular weight excluding hydrogens is 374 g/mol. The van der Waals surface area contributed by atoms with Crippen LogP contribution in [-0.4, -0.2) is 121 Å². The third-order valence-electron chi connectivity index (χ3n) is 5.82. The van der Waals surface area contributed by atoms with Crippen molar-refractivity contribution in [3.05, 3.63) is 0 Å². The van der Waals surface area contributed by atoms with Crippen molar-refractivity contribution >= 4 is 17.8 Å². The van der Waals surface area contributed by atoms with Crippen molar-refractivity contribution in [1.82, 2.24) is 24.7 Å². The first-order chi connectivity index (χ1) is 14.0. The van der Waals surface area contributed by atoms with Crippen LogP contribution in [0.3, 0.4) is 0 Å². The largest absolute Gasteiger partial charge is 0.347 e. The van der Waals surface area contributed by atoms with Gasteiger partial charge in [-0.05, 0) is 19.6 Å². The Hall–Kier alpha value is -1.55. The van der Waals surface area contributed by atoms with E-state index in [1.165, 1.54) is 0 Å². The van der Waals surface area contributed by atoms with Crippen molar-refractivity contribution in [2.24, 2.45) is 0 Å². The summed E-state index contributed by atoms with van der Waals surface area (Å²) >= 11 is 0. The van der Waals surface area contributed by atoms with Gasteiger partial charge in [-0.25, -0.2) is 4.79 Å². The molecule has 2 aliphatic rings. The fraction of sp³-hybridized carbons (Fsp3) is 0.850. The average Bonchev–Trinajstić information content (AvgIpc) is 3.02. The second-order valence-corrected chi connectivity index (χ2v) is 7.62. The lowest BCUT2D eigenvalue weighted by Crippen LogP contribution is -2.47. The number of hydrogen-bond donors (Lipinski definition) is 0. The third-order valence-corrected chi connectivity index (χ3v) is 5.82. The zero-order valence-corrected chi connectivity index (χ0v) is 18.3. The molecule has 29 heavy (non-hydrogen) atoms. The van der Waals surface area contributed by atoms with Gasteiger partial charge in [-0.2, -0.15) is 0 Å². The summed E-state index contributed by atoms with van der Waals surface area (Å²) in [6.45, 7) is 16.9. The number of likely N-dealkylation sites (N-methyl/N-ethyl adjacent to an activating group) is 3. The molecule has 0 unspecified atom stereocenters. The fourth-order valence-corrected chi connectivity index (χ4v) is 3.66. The molecule has 2 amide bonds. The molecule has 2 saturated heterocycles. The zero-order valence-electron chi connectivity index (χ0n) is 18.3. The Morgan fingerprint density at radius 3 is 1.38 bits per heavy atom. The summed E-state index contributed by atoms with van der Waals surface area (Å²) in [5, 5.41) is 0.634. The molecule has 9 heteroatoms. The first kappa shape index (κ1) is 23.7. The van der Waals surface area contributed by atoms with E-state index in [9.17, 15) is 14.4 Å². The molecule has 166 valence electrons. The summed E-state index contributed by atoms with van der Waals surface area (Å²) in [4.78, 5) is 50.2. The van der Waals surface area contributed by atoms with Gasteiger partial charge in [0.05, 0.1) is 6.54 Å². The van der Waals surface area contributed by atoms with Crippen LogP contribution in [0.5, 0.6) is 0 Å². The summed E-state index contributed by atoms with van der Waals surface area (Å²) in [7, 11) is 0. The summed E-state index contributed by atoms with van der Waals surface area (Å²) in [5.41, 5.74) is 0. The van der Waals surface area contributed by atoms with E-state index in [0.29, 0.717) is 5.06 Å². The van der Waals surface area contributed by atoms with Gasteiger partial charge in [-0.15, -0.1) is 5.06 Å². The fourth-order valence-electron chi connectivity index (χ4n) is 3.66. The second kappa shape index (κ2) is 12.2. The highest BCUT2D eigenvalue weighted by Gasteiger charge is 2.33. The molecule has 2 aliphatic heterocycles. The monoisotopic (exact) mass is 411 g/mol. The number of rotatable bonds is 6. The maximum Gasteiger partial charge on any atom is 0.347 e. The van der Waals surface area contributed by atoms with Crippen LogP contribution in [0.4, 0.5) is 0 Å². The summed E-state index contributed by atoms with van der Waals surface area (Å²) in [6, 6.07) is 0. The van der Waals surface area contributed by atoms with Gasteiger partial charge in [-0.1, -0.05) is 20.8 Å². The summed E-state index contributed by atoms with van der Waals surface area (Å²) < 4.78 is 0. The van der Waals surface area contributed by atoms with Gasteiger partial charge in [0.25, 0.3) is 11.8 Å². The van der Waals surface area contributed by atoms with Crippen molar-refractivity contribution in [3.63, 3.8) is 0 Å². The van der Waals surface area contributed by atoms with Crippen molar-refractivity contribution in [2.75, 3.05) is 78.5 Å². The number of hydrogen-bond acceptors (Lipinski definition) is 8. The van der Waals surface area contributed by atoms with Gasteiger partial charge in [0.2, 0.25) is 0 Å². The van der Waals surface area contributed by atoms with Crippen molar-refractivity contribution in [3.8, 4) is 0 Å². The van der Waals surface area contributed by atoms with E-state index in [1.807, 2.05) is 0 Å². The zero-order chi connectivity index (χ0) is 21.2. The van der Waals surface area contributed by atoms with Crippen LogP contribution >= 0.6 is 0 Å². The highest BCUT2D eigenvalue weighted by atomic mass is 16.7. The molecule has 0 saturated carbocycles. The number of nitrogens with zero attached hydrogens (tertiary/aromatic N) is 5. The second-order valence-electron chi connectivity index (χ2n) is 7.62. The SMILES string of the molecule is CCN1CCN(CC)CCN(CC(=O)ON2C(=O)CCC2=O)CCN(CC)CC1. The summed E-state index contributed by atoms with van der Waals surface area (Å²) in [5.74, 6) is -1.43. The molecule has 0 spiro atoms. The van der Waals surface area contributed by atoms with Crippen LogP contribution in [0.15, 0.2) is 0 Å². The van der Waals surface area contributed by atoms with E-state index < -0.39 is 17.8 Å². The highest BCUT2D eigenvalue weighted by Crippen LogP contribution is 2.12. The van der Waals surface area contributed by atoms with Gasteiger partial charge < -0.3 is 19.5 Å². The van der Waals surface area contributed by atoms with Crippen LogP contribution in [0, 0.1) is 0 Å². The first-order valence-corrected chi connectivity index (χ1v) is 10.9. The van der Waals surface area contributed by atoms with Crippen molar-refractivity contribution in [2.45, 2.75) is 33.6 Å². The normalized spacial score (nSPS) is 22.5. The van der Waals surface area contributed by atoms with Crippen LogP contribution < -0.4 is 0 Å². The van der Waals surface area contributed by atoms with E-state index >= 15 is 0 Å². The molecule has 0 aliphatic carbocycles. The maximum atomic E-state index is 12.4. The minimum Gasteiger partial charge on any atom is -0.329 e. The molecular formula is C20H37N5O4. The van der Waals surface area contributed by atoms with Gasteiger partial charge >= 0.3 is 5.97 Å². The minimum absolute atomic E-state index is 0.0766. The average molecular weight is 412 g/mol. The third kappa shape index (κ3) is 7.65. The quantitative estimate of drug-likeness (QED) is 0.560. The molecule has 2 rings (SSSR count). The molecule has 0 aromatic carbocycles. The number of amides is 2. The minimum atomic E-state index is -0.552. The van der Waals surface area contributed by atoms with E-state index in [-0.39, 0.29) is 19.4 Å². The van der Waals surface area contributed by atoms with Gasteiger partial charge in [-0.3, -0.25) is 14.5 Å². The Kier molecular flexibility index (Phi) is 9.99. The van der Waals surface area contributed by atoms with E-state index in [1.54, 1.807) is 0 Å². The lowest BCUT2D eigenvalue weighted by atomic mass is 10.3. The topological polar surface area (TPSA) is 76.6 Å². The maximum absolute atomic E-state index is 12.4. The number of carbonyl (C=O) groups is 3. The van der Waals surface area contributed by atoms with Gasteiger partial charge in [0.1, 0.15) is 0 Å². The lowest BCUT2D eigenvalue weighted by Gasteiger charge is -2.33. The van der Waals surface area contributed by atoms with Gasteiger partial charge in [0.15, 0.2) is 0 Å². The van der Waals surface area contributed by atoms with Crippen LogP contribution in [0.2, 0.25) is 0 Å². The molecule has 0 bridgehead atoms. The highest BCUT2D eigenvalue weighted by molar-refractivity contribution is 6.01. The van der Waals surface area contributed by atoms with Gasteiger partial charge in [0, 0.05) is 65.2 Å². The van der Waals surface area contributed by atoms with Crippen LogP contribution in [0.25, 0.3) is 0 Å². The van der Waals surface area contributed by atoms with Crippen LogP contribution in [0.1, 0.15) is 33.6 Å². The molecule has 0 atom stereocenters. The molecule has 2 heterocycles.